The number of ketones is 1. The monoisotopic (exact) mass is 308 g/mol. The number of Topliss-reactive ketones (excluding diaryl/α,β-unsaturated/α-hetero) is 1. The maximum absolute atomic E-state index is 12.5. The number of hydrogen-bond donors (Lipinski definition) is 0. The molecule has 0 amide bonds. The molecular weight excluding hydrogens is 276 g/mol. The van der Waals surface area contributed by atoms with E-state index in [-0.39, 0.29) is 35.1 Å². The Kier molecular flexibility index (Phi) is 4.49. The molecule has 2 fully saturated rings. The molecule has 0 saturated heterocycles. The van der Waals surface area contributed by atoms with Crippen LogP contribution in [0.25, 0.3) is 0 Å². The number of fused-ring (bicyclic) bond motifs is 1. The second-order valence-electron chi connectivity index (χ2n) is 9.31. The fourth-order valence-corrected chi connectivity index (χ4v) is 4.79. The first-order valence-electron chi connectivity index (χ1n) is 8.68. The van der Waals surface area contributed by atoms with E-state index in [0.29, 0.717) is 12.3 Å². The summed E-state index contributed by atoms with van der Waals surface area (Å²) in [6.07, 6.45) is 5.10. The molecule has 0 radical (unpaired) electrons. The molecule has 0 aliphatic heterocycles. The molecule has 0 bridgehead atoms. The predicted molar refractivity (Wildman–Crippen MR) is 87.4 cm³/mol. The van der Waals surface area contributed by atoms with Gasteiger partial charge in [0.1, 0.15) is 12.4 Å². The highest BCUT2D eigenvalue weighted by Gasteiger charge is 2.54. The molecule has 0 N–H and O–H groups in total. The van der Waals surface area contributed by atoms with Crippen molar-refractivity contribution in [1.82, 2.24) is 0 Å². The minimum absolute atomic E-state index is 0.0186. The van der Waals surface area contributed by atoms with Crippen LogP contribution in [-0.4, -0.2) is 18.4 Å². The molecule has 0 aromatic carbocycles. The number of rotatable bonds is 2. The van der Waals surface area contributed by atoms with Crippen molar-refractivity contribution >= 4 is 11.8 Å². The van der Waals surface area contributed by atoms with E-state index in [9.17, 15) is 9.59 Å². The van der Waals surface area contributed by atoms with Crippen molar-refractivity contribution in [3.8, 4) is 0 Å². The highest BCUT2D eigenvalue weighted by atomic mass is 16.5. The summed E-state index contributed by atoms with van der Waals surface area (Å²) >= 11 is 0. The smallest absolute Gasteiger partial charge is 0.311 e. The zero-order chi connectivity index (χ0) is 16.8. The van der Waals surface area contributed by atoms with Crippen LogP contribution in [0.5, 0.6) is 0 Å². The summed E-state index contributed by atoms with van der Waals surface area (Å²) in [7, 11) is 0. The Morgan fingerprint density at radius 3 is 2.45 bits per heavy atom. The lowest BCUT2D eigenvalue weighted by molar-refractivity contribution is -0.164. The third-order valence-electron chi connectivity index (χ3n) is 6.13. The average Bonchev–Trinajstić information content (AvgIpc) is 2.35. The number of carbonyl (C=O) groups excluding carboxylic acids is 2. The van der Waals surface area contributed by atoms with E-state index in [0.717, 1.165) is 19.3 Å². The van der Waals surface area contributed by atoms with Gasteiger partial charge in [-0.25, -0.2) is 0 Å². The van der Waals surface area contributed by atoms with Crippen molar-refractivity contribution in [2.75, 3.05) is 6.61 Å². The van der Waals surface area contributed by atoms with Crippen molar-refractivity contribution in [2.45, 2.75) is 73.6 Å². The minimum Gasteiger partial charge on any atom is -0.464 e. The Balaban J connectivity index is 2.18. The zero-order valence-electron chi connectivity index (χ0n) is 15.1. The molecule has 0 heterocycles. The quantitative estimate of drug-likeness (QED) is 0.711. The van der Waals surface area contributed by atoms with Crippen LogP contribution in [0, 0.1) is 28.1 Å². The molecule has 22 heavy (non-hydrogen) atoms. The second kappa shape index (κ2) is 5.65. The topological polar surface area (TPSA) is 43.4 Å². The van der Waals surface area contributed by atoms with E-state index in [1.807, 2.05) is 20.8 Å². The van der Waals surface area contributed by atoms with Crippen LogP contribution < -0.4 is 0 Å². The van der Waals surface area contributed by atoms with Gasteiger partial charge in [-0.3, -0.25) is 9.59 Å². The van der Waals surface area contributed by atoms with Crippen LogP contribution >= 0.6 is 0 Å². The Labute approximate surface area is 135 Å². The molecule has 3 atom stereocenters. The van der Waals surface area contributed by atoms with Gasteiger partial charge < -0.3 is 4.74 Å². The maximum atomic E-state index is 12.5. The first-order chi connectivity index (χ1) is 9.98. The lowest BCUT2D eigenvalue weighted by Crippen LogP contribution is -2.53. The molecule has 2 saturated carbocycles. The molecule has 3 nitrogen and oxygen atoms in total. The van der Waals surface area contributed by atoms with Gasteiger partial charge in [0.25, 0.3) is 0 Å². The van der Waals surface area contributed by atoms with Crippen molar-refractivity contribution in [3.05, 3.63) is 0 Å². The summed E-state index contributed by atoms with van der Waals surface area (Å²) in [6.45, 7) is 12.8. The molecule has 2 aliphatic rings. The number of carbonyl (C=O) groups is 2. The third-order valence-corrected chi connectivity index (χ3v) is 6.13. The van der Waals surface area contributed by atoms with Gasteiger partial charge >= 0.3 is 5.97 Å². The number of ether oxygens (including phenoxy) is 1. The van der Waals surface area contributed by atoms with Crippen LogP contribution in [0.4, 0.5) is 0 Å². The van der Waals surface area contributed by atoms with Gasteiger partial charge in [-0.05, 0) is 56.8 Å². The zero-order valence-corrected chi connectivity index (χ0v) is 15.1. The van der Waals surface area contributed by atoms with Gasteiger partial charge in [-0.15, -0.1) is 0 Å². The van der Waals surface area contributed by atoms with Gasteiger partial charge in [0.2, 0.25) is 0 Å². The minimum atomic E-state index is -0.510. The number of hydrogen-bond acceptors (Lipinski definition) is 3. The molecule has 0 aromatic rings. The molecule has 3 heteroatoms. The first-order valence-corrected chi connectivity index (χ1v) is 8.68. The Hall–Kier alpha value is -0.860. The Bertz CT molecular complexity index is 458. The summed E-state index contributed by atoms with van der Waals surface area (Å²) in [5.74, 6) is 0.501. The third kappa shape index (κ3) is 3.09. The van der Waals surface area contributed by atoms with Crippen LogP contribution in [0.3, 0.4) is 0 Å². The molecule has 1 unspecified atom stereocenters. The largest absolute Gasteiger partial charge is 0.464 e. The molecule has 2 rings (SSSR count). The van der Waals surface area contributed by atoms with Gasteiger partial charge in [0.05, 0.1) is 11.3 Å². The Morgan fingerprint density at radius 2 is 1.86 bits per heavy atom. The molecule has 2 aliphatic carbocycles. The van der Waals surface area contributed by atoms with E-state index in [1.54, 1.807) is 0 Å². The summed E-state index contributed by atoms with van der Waals surface area (Å²) in [6, 6.07) is 0. The number of esters is 1. The summed E-state index contributed by atoms with van der Waals surface area (Å²) in [4.78, 5) is 24.6. The Morgan fingerprint density at radius 1 is 1.23 bits per heavy atom. The fourth-order valence-electron chi connectivity index (χ4n) is 4.79. The van der Waals surface area contributed by atoms with E-state index in [1.165, 1.54) is 6.42 Å². The van der Waals surface area contributed by atoms with Crippen LogP contribution in [0.15, 0.2) is 0 Å². The molecule has 0 aromatic heterocycles. The van der Waals surface area contributed by atoms with E-state index in [4.69, 9.17) is 4.74 Å². The molecular formula is C19H32O3. The highest BCUT2D eigenvalue weighted by Crippen LogP contribution is 2.59. The fraction of sp³-hybridized carbons (Fsp3) is 0.895. The van der Waals surface area contributed by atoms with E-state index in [2.05, 4.69) is 20.8 Å². The van der Waals surface area contributed by atoms with Gasteiger partial charge in [0, 0.05) is 6.42 Å². The standard InChI is InChI=1S/C19H32O3/c1-17(2,3)16(21)22-12-13-14(20)8-9-15-18(4,5)10-7-11-19(13,15)6/h13,15H,7-12H2,1-6H3/t13-,15?,19+/m0/s1. The van der Waals surface area contributed by atoms with Crippen molar-refractivity contribution in [1.29, 1.82) is 0 Å². The average molecular weight is 308 g/mol. The summed E-state index contributed by atoms with van der Waals surface area (Å²) in [5.41, 5.74) is -0.251. The van der Waals surface area contributed by atoms with Crippen molar-refractivity contribution in [3.63, 3.8) is 0 Å². The summed E-state index contributed by atoms with van der Waals surface area (Å²) in [5, 5.41) is 0. The van der Waals surface area contributed by atoms with Crippen molar-refractivity contribution < 1.29 is 14.3 Å². The maximum Gasteiger partial charge on any atom is 0.311 e. The van der Waals surface area contributed by atoms with Crippen LogP contribution in [0.1, 0.15) is 73.6 Å². The van der Waals surface area contributed by atoms with E-state index < -0.39 is 5.41 Å². The molecule has 0 spiro atoms. The van der Waals surface area contributed by atoms with Gasteiger partial charge in [-0.2, -0.15) is 0 Å². The second-order valence-corrected chi connectivity index (χ2v) is 9.31. The predicted octanol–water partition coefficient (Wildman–Crippen LogP) is 4.39. The summed E-state index contributed by atoms with van der Waals surface area (Å²) < 4.78 is 5.54. The first kappa shape index (κ1) is 17.5. The normalized spacial score (nSPS) is 34.9. The van der Waals surface area contributed by atoms with Gasteiger partial charge in [0.15, 0.2) is 0 Å². The SMILES string of the molecule is CC(C)(C)C(=O)OC[C@H]1C(=O)CCC2C(C)(C)CCC[C@@]21C. The van der Waals surface area contributed by atoms with Crippen LogP contribution in [0.2, 0.25) is 0 Å². The highest BCUT2D eigenvalue weighted by molar-refractivity contribution is 5.83. The lowest BCUT2D eigenvalue weighted by atomic mass is 9.48. The van der Waals surface area contributed by atoms with Crippen molar-refractivity contribution in [2.24, 2.45) is 28.1 Å². The van der Waals surface area contributed by atoms with E-state index >= 15 is 0 Å². The van der Waals surface area contributed by atoms with Gasteiger partial charge in [-0.1, -0.05) is 27.2 Å². The lowest BCUT2D eigenvalue weighted by Gasteiger charge is -2.56. The van der Waals surface area contributed by atoms with Crippen LogP contribution in [-0.2, 0) is 14.3 Å². The molecule has 126 valence electrons.